The number of aliphatic hydroxyl groups is 1. The Kier molecular flexibility index (Phi) is 11.0. The van der Waals surface area contributed by atoms with E-state index in [9.17, 15) is 19.8 Å². The number of amides is 1. The Morgan fingerprint density at radius 3 is 2.66 bits per heavy atom. The Hall–Kier alpha value is -2.14. The van der Waals surface area contributed by atoms with E-state index in [-0.39, 0.29) is 35.6 Å². The molecule has 208 valence electrons. The fourth-order valence-corrected chi connectivity index (χ4v) is 5.41. The highest BCUT2D eigenvalue weighted by molar-refractivity contribution is 7.16. The molecule has 0 bridgehead atoms. The molecule has 0 aliphatic heterocycles. The van der Waals surface area contributed by atoms with E-state index in [1.54, 1.807) is 17.0 Å². The maximum Gasteiger partial charge on any atom is 0.305 e. The van der Waals surface area contributed by atoms with Crippen LogP contribution >= 0.6 is 34.5 Å². The molecule has 1 aromatic heterocycles. The SMILES string of the molecule is CC(C)(CO)CN(CCNCCc1ccc(O)c2[nH]c(=O)sc12)C(=O)CC(N)CCc1ccc(Cl)c(Cl)c1. The first-order valence-electron chi connectivity index (χ1n) is 12.6. The van der Waals surface area contributed by atoms with E-state index in [4.69, 9.17) is 28.9 Å². The molecule has 3 aromatic rings. The lowest BCUT2D eigenvalue weighted by Crippen LogP contribution is -2.45. The molecule has 1 amide bonds. The lowest BCUT2D eigenvalue weighted by atomic mass is 9.93. The molecule has 1 atom stereocenters. The number of nitrogens with one attached hydrogen (secondary N) is 2. The summed E-state index contributed by atoms with van der Waals surface area (Å²) in [6.45, 7) is 5.90. The number of H-pyrrole nitrogens is 1. The normalized spacial score (nSPS) is 12.7. The van der Waals surface area contributed by atoms with E-state index >= 15 is 0 Å². The van der Waals surface area contributed by atoms with Gasteiger partial charge in [0, 0.05) is 44.1 Å². The lowest BCUT2D eigenvalue weighted by molar-refractivity contribution is -0.133. The Labute approximate surface area is 236 Å². The number of thiazole rings is 1. The number of carbonyl (C=O) groups excluding carboxylic acids is 1. The van der Waals surface area contributed by atoms with Crippen LogP contribution in [0.2, 0.25) is 10.0 Å². The monoisotopic (exact) mass is 582 g/mol. The van der Waals surface area contributed by atoms with Crippen molar-refractivity contribution in [2.75, 3.05) is 32.8 Å². The summed E-state index contributed by atoms with van der Waals surface area (Å²) < 4.78 is 0.758. The van der Waals surface area contributed by atoms with Gasteiger partial charge < -0.3 is 31.1 Å². The molecular formula is C27H36Cl2N4O4S. The number of carbonyl (C=O) groups is 1. The van der Waals surface area contributed by atoms with Gasteiger partial charge >= 0.3 is 4.87 Å². The number of hydrogen-bond acceptors (Lipinski definition) is 7. The third kappa shape index (κ3) is 8.69. The zero-order valence-corrected chi connectivity index (χ0v) is 24.1. The number of halogens is 2. The van der Waals surface area contributed by atoms with Gasteiger partial charge in [0.15, 0.2) is 0 Å². The quantitative estimate of drug-likeness (QED) is 0.183. The van der Waals surface area contributed by atoms with Gasteiger partial charge in [-0.05, 0) is 55.1 Å². The molecule has 0 saturated carbocycles. The number of benzene rings is 2. The first-order valence-corrected chi connectivity index (χ1v) is 14.2. The van der Waals surface area contributed by atoms with E-state index in [1.807, 2.05) is 32.0 Å². The minimum absolute atomic E-state index is 0.0377. The maximum absolute atomic E-state index is 13.2. The highest BCUT2D eigenvalue weighted by Gasteiger charge is 2.25. The van der Waals surface area contributed by atoms with Gasteiger partial charge in [-0.2, -0.15) is 0 Å². The zero-order valence-electron chi connectivity index (χ0n) is 21.7. The van der Waals surface area contributed by atoms with Crippen LogP contribution in [0.5, 0.6) is 5.75 Å². The summed E-state index contributed by atoms with van der Waals surface area (Å²) >= 11 is 13.2. The van der Waals surface area contributed by atoms with Crippen molar-refractivity contribution in [1.82, 2.24) is 15.2 Å². The van der Waals surface area contributed by atoms with E-state index in [0.29, 0.717) is 61.0 Å². The van der Waals surface area contributed by atoms with Crippen molar-refractivity contribution in [3.63, 3.8) is 0 Å². The second-order valence-electron chi connectivity index (χ2n) is 10.4. The third-order valence-corrected chi connectivity index (χ3v) is 8.09. The first-order chi connectivity index (χ1) is 18.0. The Morgan fingerprint density at radius 2 is 1.95 bits per heavy atom. The number of aromatic nitrogens is 1. The molecule has 2 aromatic carbocycles. The molecule has 3 rings (SSSR count). The van der Waals surface area contributed by atoms with Gasteiger partial charge in [0.2, 0.25) is 5.91 Å². The summed E-state index contributed by atoms with van der Waals surface area (Å²) in [4.78, 5) is 29.1. The van der Waals surface area contributed by atoms with Crippen LogP contribution in [-0.4, -0.2) is 64.8 Å². The van der Waals surface area contributed by atoms with Crippen LogP contribution < -0.4 is 15.9 Å². The van der Waals surface area contributed by atoms with Crippen LogP contribution in [0.3, 0.4) is 0 Å². The number of hydrogen-bond donors (Lipinski definition) is 5. The van der Waals surface area contributed by atoms with Crippen molar-refractivity contribution < 1.29 is 15.0 Å². The highest BCUT2D eigenvalue weighted by atomic mass is 35.5. The summed E-state index contributed by atoms with van der Waals surface area (Å²) in [5.74, 6) is 0.0122. The van der Waals surface area contributed by atoms with E-state index < -0.39 is 5.41 Å². The Balaban J connectivity index is 1.51. The molecule has 0 fully saturated rings. The van der Waals surface area contributed by atoms with Gasteiger partial charge in [-0.3, -0.25) is 9.59 Å². The molecule has 0 aliphatic rings. The summed E-state index contributed by atoms with van der Waals surface area (Å²) in [5.41, 5.74) is 8.32. The van der Waals surface area contributed by atoms with Crippen molar-refractivity contribution in [1.29, 1.82) is 0 Å². The minimum atomic E-state index is -0.441. The van der Waals surface area contributed by atoms with Gasteiger partial charge in [0.05, 0.1) is 14.7 Å². The number of phenols is 1. The fraction of sp³-hybridized carbons (Fsp3) is 0.481. The second-order valence-corrected chi connectivity index (χ2v) is 12.1. The van der Waals surface area contributed by atoms with Gasteiger partial charge in [-0.1, -0.05) is 60.5 Å². The van der Waals surface area contributed by atoms with Crippen molar-refractivity contribution in [3.05, 3.63) is 61.2 Å². The number of aromatic hydroxyl groups is 1. The van der Waals surface area contributed by atoms with E-state index in [1.165, 1.54) is 0 Å². The average Bonchev–Trinajstić information content (AvgIpc) is 3.27. The topological polar surface area (TPSA) is 132 Å². The van der Waals surface area contributed by atoms with Crippen LogP contribution in [0.25, 0.3) is 10.2 Å². The molecule has 8 nitrogen and oxygen atoms in total. The van der Waals surface area contributed by atoms with Crippen molar-refractivity contribution in [2.24, 2.45) is 11.1 Å². The Morgan fingerprint density at radius 1 is 1.18 bits per heavy atom. The van der Waals surface area contributed by atoms with Crippen LogP contribution in [0.1, 0.15) is 37.8 Å². The van der Waals surface area contributed by atoms with Crippen molar-refractivity contribution >= 4 is 50.7 Å². The van der Waals surface area contributed by atoms with E-state index in [0.717, 1.165) is 27.2 Å². The van der Waals surface area contributed by atoms with Gasteiger partial charge in [0.1, 0.15) is 11.3 Å². The third-order valence-electron chi connectivity index (χ3n) is 6.39. The predicted molar refractivity (Wildman–Crippen MR) is 156 cm³/mol. The zero-order chi connectivity index (χ0) is 27.9. The summed E-state index contributed by atoms with van der Waals surface area (Å²) in [6, 6.07) is 8.58. The number of fused-ring (bicyclic) bond motifs is 1. The largest absolute Gasteiger partial charge is 0.506 e. The summed E-state index contributed by atoms with van der Waals surface area (Å²) in [6.07, 6.45) is 2.20. The molecule has 0 spiro atoms. The minimum Gasteiger partial charge on any atom is -0.506 e. The number of phenolic OH excluding ortho intramolecular Hbond substituents is 1. The molecule has 0 radical (unpaired) electrons. The maximum atomic E-state index is 13.2. The smallest absolute Gasteiger partial charge is 0.305 e. The average molecular weight is 584 g/mol. The molecule has 11 heteroatoms. The van der Waals surface area contributed by atoms with Crippen LogP contribution in [0.15, 0.2) is 35.1 Å². The molecule has 1 heterocycles. The van der Waals surface area contributed by atoms with Crippen LogP contribution in [0.4, 0.5) is 0 Å². The molecule has 0 saturated heterocycles. The standard InChI is InChI=1S/C27H36Cl2N4O4S/c1-27(2,16-34)15-33(23(36)14-19(30)6-3-17-4-7-20(28)21(29)13-17)12-11-31-10-9-18-5-8-22(35)24-25(18)38-26(37)32-24/h4-5,7-8,13,19,31,34-35H,3,6,9-12,14-16,30H2,1-2H3,(H,32,37). The molecule has 38 heavy (non-hydrogen) atoms. The van der Waals surface area contributed by atoms with Crippen LogP contribution in [-0.2, 0) is 17.6 Å². The van der Waals surface area contributed by atoms with Crippen LogP contribution in [0, 0.1) is 5.41 Å². The lowest BCUT2D eigenvalue weighted by Gasteiger charge is -2.32. The van der Waals surface area contributed by atoms with E-state index in [2.05, 4.69) is 10.3 Å². The number of aryl methyl sites for hydroxylation is 1. The summed E-state index contributed by atoms with van der Waals surface area (Å²) in [5, 5.41) is 24.1. The number of rotatable bonds is 14. The molecule has 6 N–H and O–H groups in total. The second kappa shape index (κ2) is 13.8. The predicted octanol–water partition coefficient (Wildman–Crippen LogP) is 3.93. The fourth-order valence-electron chi connectivity index (χ4n) is 4.19. The van der Waals surface area contributed by atoms with Crippen molar-refractivity contribution in [3.8, 4) is 5.75 Å². The van der Waals surface area contributed by atoms with Crippen molar-refractivity contribution in [2.45, 2.75) is 45.6 Å². The number of nitrogens with two attached hydrogens (primary N) is 1. The molecular weight excluding hydrogens is 547 g/mol. The molecule has 0 aliphatic carbocycles. The van der Waals surface area contributed by atoms with Gasteiger partial charge in [-0.25, -0.2) is 0 Å². The first kappa shape index (κ1) is 30.4. The Bertz CT molecular complexity index is 1290. The molecule has 1 unspecified atom stereocenters. The number of aromatic amines is 1. The number of aliphatic hydroxyl groups excluding tert-OH is 1. The summed E-state index contributed by atoms with van der Waals surface area (Å²) in [7, 11) is 0. The van der Waals surface area contributed by atoms with Gasteiger partial charge in [-0.15, -0.1) is 0 Å². The highest BCUT2D eigenvalue weighted by Crippen LogP contribution is 2.28. The van der Waals surface area contributed by atoms with Gasteiger partial charge in [0.25, 0.3) is 0 Å². The number of nitrogens with zero attached hydrogens (tertiary/aromatic N) is 1.